The van der Waals surface area contributed by atoms with E-state index in [0.717, 1.165) is 22.4 Å². The van der Waals surface area contributed by atoms with Crippen LogP contribution in [0.3, 0.4) is 0 Å². The summed E-state index contributed by atoms with van der Waals surface area (Å²) >= 11 is 0. The summed E-state index contributed by atoms with van der Waals surface area (Å²) in [4.78, 5) is 0. The molecular formula is C36H23FN2. The molecule has 2 aromatic heterocycles. The van der Waals surface area contributed by atoms with Crippen LogP contribution in [-0.2, 0) is 0 Å². The molecule has 0 unspecified atom stereocenters. The Morgan fingerprint density at radius 3 is 1.33 bits per heavy atom. The third kappa shape index (κ3) is 3.33. The summed E-state index contributed by atoms with van der Waals surface area (Å²) in [6, 6.07) is 47.7. The Labute approximate surface area is 224 Å². The molecular weight excluding hydrogens is 479 g/mol. The van der Waals surface area contributed by atoms with Crippen LogP contribution in [0.25, 0.3) is 66.1 Å². The molecule has 0 aliphatic carbocycles. The number of para-hydroxylation sites is 3. The molecule has 3 heteroatoms. The van der Waals surface area contributed by atoms with Gasteiger partial charge < -0.3 is 9.13 Å². The molecule has 0 atom stereocenters. The Bertz CT molecular complexity index is 2170. The predicted octanol–water partition coefficient (Wildman–Crippen LogP) is 9.69. The monoisotopic (exact) mass is 502 g/mol. The molecule has 0 N–H and O–H groups in total. The van der Waals surface area contributed by atoms with Crippen molar-refractivity contribution < 1.29 is 4.39 Å². The van der Waals surface area contributed by atoms with E-state index in [9.17, 15) is 4.39 Å². The number of fused-ring (bicyclic) bond motifs is 6. The van der Waals surface area contributed by atoms with Crippen molar-refractivity contribution in [2.24, 2.45) is 0 Å². The van der Waals surface area contributed by atoms with Gasteiger partial charge in [0.05, 0.1) is 22.1 Å². The molecule has 0 aliphatic rings. The van der Waals surface area contributed by atoms with Gasteiger partial charge in [-0.3, -0.25) is 0 Å². The summed E-state index contributed by atoms with van der Waals surface area (Å²) in [6.07, 6.45) is 0. The van der Waals surface area contributed by atoms with Gasteiger partial charge >= 0.3 is 0 Å². The van der Waals surface area contributed by atoms with Crippen molar-refractivity contribution >= 4 is 43.6 Å². The molecule has 39 heavy (non-hydrogen) atoms. The van der Waals surface area contributed by atoms with Crippen LogP contribution in [0.2, 0.25) is 0 Å². The van der Waals surface area contributed by atoms with Crippen LogP contribution in [0.1, 0.15) is 0 Å². The van der Waals surface area contributed by atoms with Crippen LogP contribution >= 0.6 is 0 Å². The molecule has 0 radical (unpaired) electrons. The van der Waals surface area contributed by atoms with Gasteiger partial charge in [0.15, 0.2) is 0 Å². The average Bonchev–Trinajstić information content (AvgIpc) is 3.50. The molecule has 0 fully saturated rings. The molecule has 184 valence electrons. The average molecular weight is 503 g/mol. The van der Waals surface area contributed by atoms with Crippen LogP contribution in [0.15, 0.2) is 140 Å². The highest BCUT2D eigenvalue weighted by Crippen LogP contribution is 2.38. The zero-order chi connectivity index (χ0) is 25.9. The first kappa shape index (κ1) is 21.9. The topological polar surface area (TPSA) is 9.86 Å². The van der Waals surface area contributed by atoms with E-state index in [1.54, 1.807) is 0 Å². The summed E-state index contributed by atoms with van der Waals surface area (Å²) < 4.78 is 18.2. The molecule has 0 amide bonds. The molecule has 2 heterocycles. The van der Waals surface area contributed by atoms with Gasteiger partial charge in [-0.15, -0.1) is 0 Å². The standard InChI is InChI=1S/C36H23FN2/c37-26-16-18-28(19-17-26)39-34-13-7-5-11-30(34)32-23-25(15-21-36(32)39)24-14-20-35-31(22-24)29-10-4-6-12-33(29)38(35)27-8-2-1-3-9-27/h1-23H. The fourth-order valence-corrected chi connectivity index (χ4v) is 6.03. The van der Waals surface area contributed by atoms with Gasteiger partial charge in [-0.2, -0.15) is 0 Å². The lowest BCUT2D eigenvalue weighted by atomic mass is 10.0. The van der Waals surface area contributed by atoms with Gasteiger partial charge in [0.25, 0.3) is 0 Å². The molecule has 0 saturated heterocycles. The van der Waals surface area contributed by atoms with Gasteiger partial charge in [0.1, 0.15) is 5.82 Å². The lowest BCUT2D eigenvalue weighted by Crippen LogP contribution is -1.93. The van der Waals surface area contributed by atoms with Crippen molar-refractivity contribution in [3.8, 4) is 22.5 Å². The van der Waals surface area contributed by atoms with Crippen LogP contribution in [-0.4, -0.2) is 9.13 Å². The minimum atomic E-state index is -0.231. The first-order valence-corrected chi connectivity index (χ1v) is 13.1. The predicted molar refractivity (Wildman–Crippen MR) is 161 cm³/mol. The third-order valence-corrected chi connectivity index (χ3v) is 7.78. The van der Waals surface area contributed by atoms with E-state index >= 15 is 0 Å². The van der Waals surface area contributed by atoms with E-state index in [-0.39, 0.29) is 5.82 Å². The molecule has 0 saturated carbocycles. The van der Waals surface area contributed by atoms with Crippen molar-refractivity contribution in [1.82, 2.24) is 9.13 Å². The lowest BCUT2D eigenvalue weighted by Gasteiger charge is -2.09. The van der Waals surface area contributed by atoms with Gasteiger partial charge in [-0.05, 0) is 83.9 Å². The van der Waals surface area contributed by atoms with E-state index in [0.29, 0.717) is 0 Å². The van der Waals surface area contributed by atoms with Crippen molar-refractivity contribution in [3.63, 3.8) is 0 Å². The fraction of sp³-hybridized carbons (Fsp3) is 0. The maximum absolute atomic E-state index is 13.7. The number of aromatic nitrogens is 2. The number of rotatable bonds is 3. The molecule has 8 aromatic rings. The Kier molecular flexibility index (Phi) is 4.74. The Hall–Kier alpha value is -5.15. The maximum atomic E-state index is 13.7. The largest absolute Gasteiger partial charge is 0.309 e. The first-order chi connectivity index (χ1) is 19.3. The molecule has 2 nitrogen and oxygen atoms in total. The van der Waals surface area contributed by atoms with Crippen LogP contribution < -0.4 is 0 Å². The number of halogens is 1. The highest BCUT2D eigenvalue weighted by atomic mass is 19.1. The minimum absolute atomic E-state index is 0.231. The maximum Gasteiger partial charge on any atom is 0.123 e. The summed E-state index contributed by atoms with van der Waals surface area (Å²) in [5.41, 5.74) is 9.07. The second-order valence-electron chi connectivity index (χ2n) is 9.98. The van der Waals surface area contributed by atoms with Gasteiger partial charge in [0, 0.05) is 32.9 Å². The van der Waals surface area contributed by atoms with Crippen molar-refractivity contribution in [3.05, 3.63) is 145 Å². The van der Waals surface area contributed by atoms with E-state index in [2.05, 4.69) is 124 Å². The SMILES string of the molecule is Fc1ccc(-n2c3ccccc3c3cc(-c4ccc5c(c4)c4ccccc4n5-c4ccccc4)ccc32)cc1. The van der Waals surface area contributed by atoms with E-state index < -0.39 is 0 Å². The van der Waals surface area contributed by atoms with Gasteiger partial charge in [-0.25, -0.2) is 4.39 Å². The van der Waals surface area contributed by atoms with Crippen molar-refractivity contribution in [1.29, 1.82) is 0 Å². The zero-order valence-corrected chi connectivity index (χ0v) is 21.1. The molecule has 0 spiro atoms. The normalized spacial score (nSPS) is 11.7. The number of hydrogen-bond donors (Lipinski definition) is 0. The number of benzene rings is 6. The third-order valence-electron chi connectivity index (χ3n) is 7.78. The Morgan fingerprint density at radius 2 is 0.795 bits per heavy atom. The van der Waals surface area contributed by atoms with E-state index in [1.807, 2.05) is 12.1 Å². The van der Waals surface area contributed by atoms with Gasteiger partial charge in [0.2, 0.25) is 0 Å². The van der Waals surface area contributed by atoms with E-state index in [4.69, 9.17) is 0 Å². The van der Waals surface area contributed by atoms with Crippen molar-refractivity contribution in [2.45, 2.75) is 0 Å². The summed E-state index contributed by atoms with van der Waals surface area (Å²) in [7, 11) is 0. The second-order valence-corrected chi connectivity index (χ2v) is 9.98. The fourth-order valence-electron chi connectivity index (χ4n) is 6.03. The Balaban J connectivity index is 1.35. The summed E-state index contributed by atoms with van der Waals surface area (Å²) in [6.45, 7) is 0. The lowest BCUT2D eigenvalue weighted by molar-refractivity contribution is 0.627. The van der Waals surface area contributed by atoms with Crippen molar-refractivity contribution in [2.75, 3.05) is 0 Å². The number of hydrogen-bond acceptors (Lipinski definition) is 0. The minimum Gasteiger partial charge on any atom is -0.309 e. The smallest absolute Gasteiger partial charge is 0.123 e. The molecule has 8 rings (SSSR count). The quantitative estimate of drug-likeness (QED) is 0.228. The summed E-state index contributed by atoms with van der Waals surface area (Å²) in [5.74, 6) is -0.231. The molecule has 0 bridgehead atoms. The zero-order valence-electron chi connectivity index (χ0n) is 21.1. The Morgan fingerprint density at radius 1 is 0.359 bits per heavy atom. The number of nitrogens with zero attached hydrogens (tertiary/aromatic N) is 2. The second kappa shape index (κ2) is 8.44. The summed E-state index contributed by atoms with van der Waals surface area (Å²) in [5, 5.41) is 4.84. The molecule has 0 aliphatic heterocycles. The molecule has 6 aromatic carbocycles. The highest BCUT2D eigenvalue weighted by Gasteiger charge is 2.15. The van der Waals surface area contributed by atoms with Crippen LogP contribution in [0.4, 0.5) is 4.39 Å². The van der Waals surface area contributed by atoms with E-state index in [1.165, 1.54) is 55.8 Å². The highest BCUT2D eigenvalue weighted by molar-refractivity contribution is 6.12. The van der Waals surface area contributed by atoms with Gasteiger partial charge in [-0.1, -0.05) is 66.7 Å². The first-order valence-electron chi connectivity index (χ1n) is 13.1. The van der Waals surface area contributed by atoms with Crippen LogP contribution in [0, 0.1) is 5.82 Å². The van der Waals surface area contributed by atoms with Crippen LogP contribution in [0.5, 0.6) is 0 Å².